The molecule has 1 fully saturated rings. The van der Waals surface area contributed by atoms with Gasteiger partial charge in [-0.15, -0.1) is 0 Å². The molecule has 0 saturated carbocycles. The highest BCUT2D eigenvalue weighted by atomic mass is 32.2. The molecule has 0 radical (unpaired) electrons. The molecular weight excluding hydrogens is 376 g/mol. The maximum absolute atomic E-state index is 11.7. The van der Waals surface area contributed by atoms with Crippen molar-refractivity contribution in [2.45, 2.75) is 6.92 Å². The van der Waals surface area contributed by atoms with Crippen LogP contribution in [0, 0.1) is 18.8 Å². The number of carbonyl (C=O) groups excluding carboxylic acids is 2. The topological polar surface area (TPSA) is 81.4 Å². The number of carbonyl (C=O) groups is 2. The van der Waals surface area contributed by atoms with E-state index >= 15 is 0 Å². The lowest BCUT2D eigenvalue weighted by Crippen LogP contribution is -2.17. The van der Waals surface area contributed by atoms with Crippen LogP contribution in [0.2, 0.25) is 0 Å². The highest BCUT2D eigenvalue weighted by molar-refractivity contribution is 8.18. The number of pyridine rings is 1. The third-order valence-corrected chi connectivity index (χ3v) is 4.93. The molecule has 4 rings (SSSR count). The van der Waals surface area contributed by atoms with Crippen molar-refractivity contribution < 1.29 is 18.7 Å². The van der Waals surface area contributed by atoms with Crippen molar-refractivity contribution >= 4 is 40.0 Å². The Labute approximate surface area is 165 Å². The number of ether oxygens (including phenoxy) is 1. The predicted molar refractivity (Wildman–Crippen MR) is 107 cm³/mol. The van der Waals surface area contributed by atoms with Gasteiger partial charge in [-0.1, -0.05) is 11.8 Å². The van der Waals surface area contributed by atoms with Gasteiger partial charge in [0.25, 0.3) is 11.1 Å². The van der Waals surface area contributed by atoms with Crippen LogP contribution in [-0.4, -0.2) is 23.2 Å². The summed E-state index contributed by atoms with van der Waals surface area (Å²) in [5, 5.41) is 2.59. The lowest BCUT2D eigenvalue weighted by Gasteiger charge is -2.02. The summed E-state index contributed by atoms with van der Waals surface area (Å²) in [6.45, 7) is 1.97. The van der Waals surface area contributed by atoms with Crippen LogP contribution in [-0.2, 0) is 4.79 Å². The second kappa shape index (κ2) is 7.25. The molecule has 3 aromatic rings. The highest BCUT2D eigenvalue weighted by Crippen LogP contribution is 2.29. The molecule has 138 valence electrons. The summed E-state index contributed by atoms with van der Waals surface area (Å²) in [5.74, 6) is 7.04. The Morgan fingerprint density at radius 3 is 2.71 bits per heavy atom. The molecule has 1 saturated heterocycles. The molecule has 7 heteroatoms. The molecule has 3 heterocycles. The van der Waals surface area contributed by atoms with E-state index in [1.54, 1.807) is 25.6 Å². The Kier molecular flexibility index (Phi) is 4.63. The van der Waals surface area contributed by atoms with Crippen LogP contribution in [0.5, 0.6) is 5.75 Å². The number of rotatable bonds is 2. The zero-order valence-corrected chi connectivity index (χ0v) is 15.8. The number of amides is 2. The number of methoxy groups -OCH3 is 1. The molecule has 2 amide bonds. The molecule has 0 atom stereocenters. The van der Waals surface area contributed by atoms with Gasteiger partial charge in [-0.05, 0) is 48.5 Å². The number of nitrogens with zero attached hydrogens (tertiary/aromatic N) is 1. The van der Waals surface area contributed by atoms with Gasteiger partial charge in [-0.25, -0.2) is 0 Å². The molecule has 28 heavy (non-hydrogen) atoms. The summed E-state index contributed by atoms with van der Waals surface area (Å²) in [4.78, 5) is 27.5. The number of hydrogen-bond acceptors (Lipinski definition) is 6. The van der Waals surface area contributed by atoms with E-state index in [1.807, 2.05) is 25.1 Å². The van der Waals surface area contributed by atoms with Crippen LogP contribution >= 0.6 is 11.8 Å². The molecule has 2 aromatic heterocycles. The molecule has 1 N–H and O–H groups in total. The minimum absolute atomic E-state index is 0.290. The molecule has 1 aliphatic rings. The summed E-state index contributed by atoms with van der Waals surface area (Å²) >= 11 is 0.842. The Morgan fingerprint density at radius 1 is 1.18 bits per heavy atom. The molecule has 0 aliphatic carbocycles. The monoisotopic (exact) mass is 390 g/mol. The SMILES string of the molecule is COc1ccc(C#Cc2cncc3cc(/C=C4\SC(=O)NC4=O)oc23)c(C)c1. The molecule has 1 aliphatic heterocycles. The van der Waals surface area contributed by atoms with Gasteiger partial charge < -0.3 is 9.15 Å². The fourth-order valence-electron chi connectivity index (χ4n) is 2.73. The van der Waals surface area contributed by atoms with E-state index in [0.29, 0.717) is 21.8 Å². The normalized spacial score (nSPS) is 14.9. The van der Waals surface area contributed by atoms with Gasteiger partial charge in [0.15, 0.2) is 5.58 Å². The molecule has 1 aromatic carbocycles. The number of thioether (sulfide) groups is 1. The van der Waals surface area contributed by atoms with Crippen LogP contribution < -0.4 is 10.1 Å². The predicted octanol–water partition coefficient (Wildman–Crippen LogP) is 3.87. The fraction of sp³-hybridized carbons (Fsp3) is 0.0952. The van der Waals surface area contributed by atoms with Gasteiger partial charge in [0.2, 0.25) is 0 Å². The minimum atomic E-state index is -0.427. The minimum Gasteiger partial charge on any atom is -0.497 e. The van der Waals surface area contributed by atoms with E-state index in [2.05, 4.69) is 22.1 Å². The van der Waals surface area contributed by atoms with Crippen molar-refractivity contribution in [3.8, 4) is 17.6 Å². The molecule has 0 spiro atoms. The third kappa shape index (κ3) is 3.50. The van der Waals surface area contributed by atoms with Crippen molar-refractivity contribution in [1.82, 2.24) is 10.3 Å². The average Bonchev–Trinajstić information content (AvgIpc) is 3.23. The maximum Gasteiger partial charge on any atom is 0.290 e. The van der Waals surface area contributed by atoms with E-state index in [0.717, 1.165) is 34.0 Å². The van der Waals surface area contributed by atoms with Crippen molar-refractivity contribution in [3.63, 3.8) is 0 Å². The van der Waals surface area contributed by atoms with Gasteiger partial charge in [0.1, 0.15) is 11.5 Å². The lowest BCUT2D eigenvalue weighted by molar-refractivity contribution is -0.115. The first kappa shape index (κ1) is 17.9. The van der Waals surface area contributed by atoms with Crippen molar-refractivity contribution in [1.29, 1.82) is 0 Å². The van der Waals surface area contributed by atoms with E-state index in [4.69, 9.17) is 9.15 Å². The number of hydrogen-bond donors (Lipinski definition) is 1. The van der Waals surface area contributed by atoms with Crippen molar-refractivity contribution in [2.75, 3.05) is 7.11 Å². The maximum atomic E-state index is 11.7. The van der Waals surface area contributed by atoms with Crippen LogP contribution in [0.25, 0.3) is 17.0 Å². The Bertz CT molecular complexity index is 1210. The summed E-state index contributed by atoms with van der Waals surface area (Å²) in [6, 6.07) is 7.44. The highest BCUT2D eigenvalue weighted by Gasteiger charge is 2.25. The first-order valence-electron chi connectivity index (χ1n) is 8.32. The quantitative estimate of drug-likeness (QED) is 0.528. The van der Waals surface area contributed by atoms with Gasteiger partial charge in [-0.3, -0.25) is 19.9 Å². The Hall–Kier alpha value is -3.50. The van der Waals surface area contributed by atoms with Crippen LogP contribution in [0.1, 0.15) is 22.5 Å². The van der Waals surface area contributed by atoms with E-state index in [1.165, 1.54) is 6.08 Å². The van der Waals surface area contributed by atoms with Gasteiger partial charge in [0, 0.05) is 29.4 Å². The summed E-state index contributed by atoms with van der Waals surface area (Å²) in [6.07, 6.45) is 4.84. The smallest absolute Gasteiger partial charge is 0.290 e. The number of benzene rings is 1. The number of aromatic nitrogens is 1. The average molecular weight is 390 g/mol. The van der Waals surface area contributed by atoms with Gasteiger partial charge in [0.05, 0.1) is 17.6 Å². The van der Waals surface area contributed by atoms with E-state index in [9.17, 15) is 9.59 Å². The number of furan rings is 1. The first-order valence-corrected chi connectivity index (χ1v) is 9.14. The van der Waals surface area contributed by atoms with Gasteiger partial charge >= 0.3 is 0 Å². The molecular formula is C21H14N2O4S. The largest absolute Gasteiger partial charge is 0.497 e. The Morgan fingerprint density at radius 2 is 2.00 bits per heavy atom. The summed E-state index contributed by atoms with van der Waals surface area (Å²) in [5.41, 5.74) is 3.10. The molecule has 0 bridgehead atoms. The van der Waals surface area contributed by atoms with Crippen molar-refractivity contribution in [2.24, 2.45) is 0 Å². The number of nitrogens with one attached hydrogen (secondary N) is 1. The van der Waals surface area contributed by atoms with E-state index < -0.39 is 11.1 Å². The second-order valence-electron chi connectivity index (χ2n) is 6.04. The first-order chi connectivity index (χ1) is 13.5. The second-order valence-corrected chi connectivity index (χ2v) is 7.05. The van der Waals surface area contributed by atoms with Crippen LogP contribution in [0.15, 0.2) is 46.0 Å². The standard InChI is InChI=1S/C21H14N2O4S/c1-12-7-16(26-2)6-5-13(12)3-4-14-10-22-11-15-8-17(27-19(14)15)9-18-20(24)23-21(25)28-18/h5-11H,1-2H3,(H,23,24,25)/b18-9-. The summed E-state index contributed by atoms with van der Waals surface area (Å²) < 4.78 is 11.1. The zero-order chi connectivity index (χ0) is 19.7. The van der Waals surface area contributed by atoms with Crippen LogP contribution in [0.4, 0.5) is 4.79 Å². The fourth-order valence-corrected chi connectivity index (χ4v) is 3.39. The number of fused-ring (bicyclic) bond motifs is 1. The van der Waals surface area contributed by atoms with Crippen molar-refractivity contribution in [3.05, 3.63) is 64.0 Å². The summed E-state index contributed by atoms with van der Waals surface area (Å²) in [7, 11) is 1.62. The zero-order valence-electron chi connectivity index (χ0n) is 15.0. The third-order valence-electron chi connectivity index (χ3n) is 4.12. The lowest BCUT2D eigenvalue weighted by atomic mass is 10.1. The van der Waals surface area contributed by atoms with E-state index in [-0.39, 0.29) is 0 Å². The van der Waals surface area contributed by atoms with Gasteiger partial charge in [-0.2, -0.15) is 0 Å². The van der Waals surface area contributed by atoms with Crippen LogP contribution in [0.3, 0.4) is 0 Å². The number of aryl methyl sites for hydroxylation is 1. The number of imide groups is 1. The Balaban J connectivity index is 1.70. The molecule has 6 nitrogen and oxygen atoms in total. The molecule has 0 unspecified atom stereocenters.